The summed E-state index contributed by atoms with van der Waals surface area (Å²) in [6.45, 7) is 2.96. The zero-order chi connectivity index (χ0) is 14.7. The number of thiazole rings is 1. The summed E-state index contributed by atoms with van der Waals surface area (Å²) in [5.74, 6) is -0.355. The van der Waals surface area contributed by atoms with E-state index in [9.17, 15) is 4.79 Å². The third-order valence-electron chi connectivity index (χ3n) is 3.20. The molecule has 0 bridgehead atoms. The van der Waals surface area contributed by atoms with E-state index in [1.807, 2.05) is 30.3 Å². The average molecular weight is 416 g/mol. The van der Waals surface area contributed by atoms with E-state index in [1.54, 1.807) is 23.0 Å². The molecule has 0 N–H and O–H groups in total. The molecule has 1 aliphatic rings. The van der Waals surface area contributed by atoms with E-state index in [2.05, 4.69) is 9.88 Å². The summed E-state index contributed by atoms with van der Waals surface area (Å²) in [6.07, 6.45) is 0. The Morgan fingerprint density at radius 1 is 1.29 bits per heavy atom. The Morgan fingerprint density at radius 2 is 2.00 bits per heavy atom. The molecule has 2 heterocycles. The van der Waals surface area contributed by atoms with Crippen LogP contribution in [0.2, 0.25) is 0 Å². The van der Waals surface area contributed by atoms with Gasteiger partial charge in [0, 0.05) is 18.7 Å². The van der Waals surface area contributed by atoms with Crippen molar-refractivity contribution in [1.82, 2.24) is 4.98 Å². The second-order valence-electron chi connectivity index (χ2n) is 4.50. The molecule has 1 aromatic heterocycles. The number of hydrogen-bond donors (Lipinski definition) is 0. The number of carbonyl (C=O) groups excluding carboxylic acids is 1. The maximum absolute atomic E-state index is 12.0. The van der Waals surface area contributed by atoms with Crippen LogP contribution < -0.4 is 4.90 Å². The highest BCUT2D eigenvalue weighted by molar-refractivity contribution is 14.1. The predicted molar refractivity (Wildman–Crippen MR) is 90.0 cm³/mol. The second kappa shape index (κ2) is 6.71. The van der Waals surface area contributed by atoms with Gasteiger partial charge in [-0.05, 0) is 0 Å². The summed E-state index contributed by atoms with van der Waals surface area (Å²) in [5, 5.41) is 0.842. The molecular weight excluding hydrogens is 403 g/mol. The van der Waals surface area contributed by atoms with Crippen LogP contribution in [0.25, 0.3) is 11.3 Å². The van der Waals surface area contributed by atoms with E-state index in [-0.39, 0.29) is 5.97 Å². The number of aromatic nitrogens is 1. The molecule has 1 aromatic carbocycles. The van der Waals surface area contributed by atoms with Crippen molar-refractivity contribution in [3.05, 3.63) is 35.2 Å². The molecule has 0 radical (unpaired) electrons. The van der Waals surface area contributed by atoms with Crippen molar-refractivity contribution in [3.63, 3.8) is 0 Å². The highest BCUT2D eigenvalue weighted by Gasteiger charge is 2.24. The quantitative estimate of drug-likeness (QED) is 0.720. The van der Waals surface area contributed by atoms with Crippen LogP contribution in [0.4, 0.5) is 5.13 Å². The minimum absolute atomic E-state index is 0.355. The smallest absolute Gasteiger partial charge is 0.360 e. The molecule has 3 rings (SSSR count). The number of carbonyl (C=O) groups is 1. The highest BCUT2D eigenvalue weighted by Crippen LogP contribution is 2.34. The Kier molecular flexibility index (Phi) is 4.71. The lowest BCUT2D eigenvalue weighted by Crippen LogP contribution is -2.36. The van der Waals surface area contributed by atoms with Gasteiger partial charge < -0.3 is 12.7 Å². The van der Waals surface area contributed by atoms with Crippen LogP contribution in [0.5, 0.6) is 0 Å². The number of hydrogen-bond acceptors (Lipinski definition) is 6. The van der Waals surface area contributed by atoms with Crippen LogP contribution in [0.15, 0.2) is 30.3 Å². The van der Waals surface area contributed by atoms with Crippen LogP contribution in [-0.2, 0) is 7.80 Å². The lowest BCUT2D eigenvalue weighted by atomic mass is 10.1. The second-order valence-corrected chi connectivity index (χ2v) is 5.92. The lowest BCUT2D eigenvalue weighted by Gasteiger charge is -2.26. The zero-order valence-electron chi connectivity index (χ0n) is 11.1. The van der Waals surface area contributed by atoms with E-state index in [0.717, 1.165) is 23.8 Å². The molecule has 0 spiro atoms. The molecule has 2 aromatic rings. The van der Waals surface area contributed by atoms with Crippen LogP contribution >= 0.6 is 34.3 Å². The molecule has 1 aliphatic heterocycles. The normalized spacial score (nSPS) is 15.0. The Hall–Kier alpha value is -1.19. The molecule has 110 valence electrons. The van der Waals surface area contributed by atoms with Crippen molar-refractivity contribution in [3.8, 4) is 11.3 Å². The molecule has 0 aliphatic carbocycles. The van der Waals surface area contributed by atoms with Crippen molar-refractivity contribution in [2.75, 3.05) is 31.2 Å². The lowest BCUT2D eigenvalue weighted by molar-refractivity contribution is 0.0805. The Balaban J connectivity index is 2.01. The molecule has 21 heavy (non-hydrogen) atoms. The van der Waals surface area contributed by atoms with Gasteiger partial charge in [0.2, 0.25) is 0 Å². The number of anilines is 1. The number of halogens is 1. The third-order valence-corrected chi connectivity index (χ3v) is 4.70. The number of benzene rings is 1. The van der Waals surface area contributed by atoms with E-state index in [4.69, 9.17) is 7.80 Å². The zero-order valence-corrected chi connectivity index (χ0v) is 14.1. The van der Waals surface area contributed by atoms with E-state index >= 15 is 0 Å². The first-order valence-electron chi connectivity index (χ1n) is 6.51. The number of morpholine rings is 1. The molecule has 0 atom stereocenters. The standard InChI is InChI=1S/C14H13IN2O3S/c15-20-13(18)12-11(10-4-2-1-3-5-10)16-14(21-12)17-6-8-19-9-7-17/h1-5H,6-9H2. The molecule has 7 heteroatoms. The number of nitrogens with zero attached hydrogens (tertiary/aromatic N) is 2. The minimum atomic E-state index is -0.355. The van der Waals surface area contributed by atoms with Gasteiger partial charge in [-0.3, -0.25) is 0 Å². The summed E-state index contributed by atoms with van der Waals surface area (Å²) >= 11 is 2.99. The number of rotatable bonds is 3. The van der Waals surface area contributed by atoms with Crippen LogP contribution in [0, 0.1) is 0 Å². The van der Waals surface area contributed by atoms with E-state index < -0.39 is 0 Å². The van der Waals surface area contributed by atoms with Crippen molar-refractivity contribution in [2.45, 2.75) is 0 Å². The molecule has 1 saturated heterocycles. The average Bonchev–Trinajstić information content (AvgIpc) is 3.01. The minimum Gasteiger partial charge on any atom is -0.390 e. The summed E-state index contributed by atoms with van der Waals surface area (Å²) in [5.41, 5.74) is 1.61. The van der Waals surface area contributed by atoms with Gasteiger partial charge in [-0.1, -0.05) is 41.7 Å². The van der Waals surface area contributed by atoms with Crippen molar-refractivity contribution in [2.24, 2.45) is 0 Å². The fourth-order valence-corrected chi connectivity index (χ4v) is 3.55. The van der Waals surface area contributed by atoms with Gasteiger partial charge in [0.05, 0.1) is 18.9 Å². The summed E-state index contributed by atoms with van der Waals surface area (Å²) < 4.78 is 10.2. The van der Waals surface area contributed by atoms with E-state index in [1.165, 1.54) is 11.3 Å². The first-order valence-corrected chi connectivity index (χ1v) is 8.21. The van der Waals surface area contributed by atoms with Crippen LogP contribution in [-0.4, -0.2) is 37.3 Å². The number of ether oxygens (including phenoxy) is 1. The van der Waals surface area contributed by atoms with Gasteiger partial charge in [-0.2, -0.15) is 0 Å². The molecular formula is C14H13IN2O3S. The summed E-state index contributed by atoms with van der Waals surface area (Å²) in [4.78, 5) is 19.3. The Labute approximate surface area is 140 Å². The maximum atomic E-state index is 12.0. The maximum Gasteiger partial charge on any atom is 0.360 e. The first-order chi connectivity index (χ1) is 10.3. The molecule has 0 unspecified atom stereocenters. The Bertz CT molecular complexity index is 626. The van der Waals surface area contributed by atoms with Gasteiger partial charge in [0.25, 0.3) is 0 Å². The first kappa shape index (κ1) is 14.7. The fraction of sp³-hybridized carbons (Fsp3) is 0.286. The largest absolute Gasteiger partial charge is 0.390 e. The van der Waals surface area contributed by atoms with Crippen molar-refractivity contribution >= 4 is 45.4 Å². The van der Waals surface area contributed by atoms with Gasteiger partial charge in [0.15, 0.2) is 28.1 Å². The third kappa shape index (κ3) is 3.19. The van der Waals surface area contributed by atoms with Crippen LogP contribution in [0.3, 0.4) is 0 Å². The topological polar surface area (TPSA) is 51.7 Å². The molecule has 1 fully saturated rings. The fourth-order valence-electron chi connectivity index (χ4n) is 2.16. The van der Waals surface area contributed by atoms with Gasteiger partial charge in [0.1, 0.15) is 4.88 Å². The summed E-state index contributed by atoms with van der Waals surface area (Å²) in [7, 11) is 0. The monoisotopic (exact) mass is 416 g/mol. The van der Waals surface area contributed by atoms with Gasteiger partial charge in [-0.15, -0.1) is 0 Å². The highest BCUT2D eigenvalue weighted by atomic mass is 127. The van der Waals surface area contributed by atoms with Crippen molar-refractivity contribution in [1.29, 1.82) is 0 Å². The molecule has 0 saturated carbocycles. The summed E-state index contributed by atoms with van der Waals surface area (Å²) in [6, 6.07) is 9.70. The van der Waals surface area contributed by atoms with Gasteiger partial charge >= 0.3 is 5.97 Å². The van der Waals surface area contributed by atoms with Gasteiger partial charge in [-0.25, -0.2) is 9.78 Å². The van der Waals surface area contributed by atoms with Crippen LogP contribution in [0.1, 0.15) is 9.67 Å². The molecule has 5 nitrogen and oxygen atoms in total. The SMILES string of the molecule is O=C(OI)c1sc(N2CCOCC2)nc1-c1ccccc1. The van der Waals surface area contributed by atoms with Crippen molar-refractivity contribution < 1.29 is 12.6 Å². The predicted octanol–water partition coefficient (Wildman–Crippen LogP) is 3.15. The van der Waals surface area contributed by atoms with E-state index in [0.29, 0.717) is 23.8 Å². The molecule has 0 amide bonds. The Morgan fingerprint density at radius 3 is 2.67 bits per heavy atom.